The molecule has 0 saturated carbocycles. The first kappa shape index (κ1) is 20.7. The molecule has 2 aliphatic heterocycles. The van der Waals surface area contributed by atoms with Crippen LogP contribution in [-0.4, -0.2) is 59.3 Å². The minimum absolute atomic E-state index is 0.0268. The average molecular weight is 418 g/mol. The van der Waals surface area contributed by atoms with E-state index in [-0.39, 0.29) is 29.9 Å². The highest BCUT2D eigenvalue weighted by molar-refractivity contribution is 5.99. The molecule has 160 valence electrons. The van der Waals surface area contributed by atoms with E-state index in [9.17, 15) is 9.59 Å². The first-order chi connectivity index (χ1) is 15.0. The monoisotopic (exact) mass is 417 g/mol. The molecule has 2 fully saturated rings. The number of amidine groups is 1. The summed E-state index contributed by atoms with van der Waals surface area (Å²) in [5.41, 5.74) is 7.62. The number of nitrogens with zero attached hydrogens (tertiary/aromatic N) is 3. The van der Waals surface area contributed by atoms with Crippen molar-refractivity contribution in [3.05, 3.63) is 78.4 Å². The number of nitrogens with one attached hydrogen (secondary N) is 1. The summed E-state index contributed by atoms with van der Waals surface area (Å²) in [7, 11) is 0. The number of benzene rings is 2. The van der Waals surface area contributed by atoms with Gasteiger partial charge in [-0.25, -0.2) is 4.79 Å². The number of likely N-dealkylation sites (tertiary alicyclic amines) is 1. The number of nitrogens with two attached hydrogens (primary N) is 1. The molecule has 2 aromatic rings. The number of nitrogen functional groups attached to an aromatic ring is 1. The number of amides is 3. The summed E-state index contributed by atoms with van der Waals surface area (Å²) in [5, 5.41) is 7.66. The summed E-state index contributed by atoms with van der Waals surface area (Å²) in [5.74, 6) is 0.0100. The van der Waals surface area contributed by atoms with Gasteiger partial charge in [0.25, 0.3) is 5.91 Å². The van der Waals surface area contributed by atoms with Crippen LogP contribution in [0.5, 0.6) is 0 Å². The van der Waals surface area contributed by atoms with E-state index in [0.717, 1.165) is 18.5 Å². The summed E-state index contributed by atoms with van der Waals surface area (Å²) in [4.78, 5) is 31.5. The lowest BCUT2D eigenvalue weighted by Crippen LogP contribution is -2.50. The summed E-state index contributed by atoms with van der Waals surface area (Å²) in [6, 6.07) is 16.4. The zero-order chi connectivity index (χ0) is 22.0. The standard InChI is InChI=1S/C24H27N5O2/c1-2-19-16-28(21-10-6-9-18(15-21)22(25)26)24(31)29(19)20-11-13-27(14-12-20)23(30)17-7-4-3-5-8-17/h2-10,15,19-20H,1,11-14,16H2,(H3,25,26). The molecule has 2 saturated heterocycles. The molecule has 0 bridgehead atoms. The van der Waals surface area contributed by atoms with Crippen molar-refractivity contribution in [2.45, 2.75) is 24.9 Å². The van der Waals surface area contributed by atoms with Crippen LogP contribution >= 0.6 is 0 Å². The molecular weight excluding hydrogens is 390 g/mol. The molecule has 0 aliphatic carbocycles. The van der Waals surface area contributed by atoms with E-state index >= 15 is 0 Å². The van der Waals surface area contributed by atoms with E-state index in [2.05, 4.69) is 6.58 Å². The molecule has 7 nitrogen and oxygen atoms in total. The number of urea groups is 1. The van der Waals surface area contributed by atoms with Crippen molar-refractivity contribution in [2.24, 2.45) is 5.73 Å². The Bertz CT molecular complexity index is 998. The topological polar surface area (TPSA) is 93.7 Å². The Labute approximate surface area is 182 Å². The summed E-state index contributed by atoms with van der Waals surface area (Å²) >= 11 is 0. The Morgan fingerprint density at radius 2 is 1.74 bits per heavy atom. The Balaban J connectivity index is 1.46. The first-order valence-corrected chi connectivity index (χ1v) is 10.5. The lowest BCUT2D eigenvalue weighted by Gasteiger charge is -2.38. The Hall–Kier alpha value is -3.61. The Kier molecular flexibility index (Phi) is 5.75. The minimum Gasteiger partial charge on any atom is -0.384 e. The van der Waals surface area contributed by atoms with Gasteiger partial charge in [-0.05, 0) is 37.1 Å². The van der Waals surface area contributed by atoms with Gasteiger partial charge in [0.15, 0.2) is 0 Å². The molecule has 31 heavy (non-hydrogen) atoms. The van der Waals surface area contributed by atoms with E-state index < -0.39 is 0 Å². The second-order valence-corrected chi connectivity index (χ2v) is 7.96. The maximum Gasteiger partial charge on any atom is 0.325 e. The molecule has 3 amide bonds. The van der Waals surface area contributed by atoms with Gasteiger partial charge in [-0.3, -0.25) is 15.1 Å². The van der Waals surface area contributed by atoms with E-state index in [0.29, 0.717) is 30.8 Å². The number of carbonyl (C=O) groups is 2. The molecule has 3 N–H and O–H groups in total. The molecule has 7 heteroatoms. The van der Waals surface area contributed by atoms with Gasteiger partial charge < -0.3 is 15.5 Å². The number of piperidine rings is 1. The van der Waals surface area contributed by atoms with Crippen molar-refractivity contribution in [3.63, 3.8) is 0 Å². The number of rotatable bonds is 5. The molecule has 0 aromatic heterocycles. The summed E-state index contributed by atoms with van der Waals surface area (Å²) in [6.45, 7) is 5.68. The smallest absolute Gasteiger partial charge is 0.325 e. The number of carbonyl (C=O) groups excluding carboxylic acids is 2. The van der Waals surface area contributed by atoms with Crippen LogP contribution in [0.2, 0.25) is 0 Å². The number of hydrogen-bond donors (Lipinski definition) is 2. The molecule has 0 spiro atoms. The predicted octanol–water partition coefficient (Wildman–Crippen LogP) is 3.07. The van der Waals surface area contributed by atoms with Crippen molar-refractivity contribution in [1.29, 1.82) is 5.41 Å². The van der Waals surface area contributed by atoms with Crippen molar-refractivity contribution < 1.29 is 9.59 Å². The first-order valence-electron chi connectivity index (χ1n) is 10.5. The quantitative estimate of drug-likeness (QED) is 0.445. The van der Waals surface area contributed by atoms with Crippen molar-refractivity contribution in [1.82, 2.24) is 9.80 Å². The third-order valence-corrected chi connectivity index (χ3v) is 6.09. The van der Waals surface area contributed by atoms with Gasteiger partial charge in [0.1, 0.15) is 5.84 Å². The second-order valence-electron chi connectivity index (χ2n) is 7.96. The van der Waals surface area contributed by atoms with Gasteiger partial charge in [-0.2, -0.15) is 0 Å². The molecule has 2 heterocycles. The molecule has 1 atom stereocenters. The number of anilines is 1. The lowest BCUT2D eigenvalue weighted by atomic mass is 10.0. The van der Waals surface area contributed by atoms with Crippen LogP contribution in [0.4, 0.5) is 10.5 Å². The molecule has 2 aromatic carbocycles. The van der Waals surface area contributed by atoms with Crippen molar-refractivity contribution in [2.75, 3.05) is 24.5 Å². The Morgan fingerprint density at radius 3 is 2.39 bits per heavy atom. The van der Waals surface area contributed by atoms with Crippen LogP contribution in [0, 0.1) is 5.41 Å². The molecule has 0 radical (unpaired) electrons. The fourth-order valence-electron chi connectivity index (χ4n) is 4.42. The van der Waals surface area contributed by atoms with Crippen LogP contribution in [0.25, 0.3) is 0 Å². The summed E-state index contributed by atoms with van der Waals surface area (Å²) < 4.78 is 0. The van der Waals surface area contributed by atoms with Gasteiger partial charge in [0, 0.05) is 35.9 Å². The molecule has 4 rings (SSSR count). The third kappa shape index (κ3) is 4.03. The van der Waals surface area contributed by atoms with Gasteiger partial charge in [-0.1, -0.05) is 36.4 Å². The van der Waals surface area contributed by atoms with Gasteiger partial charge >= 0.3 is 6.03 Å². The summed E-state index contributed by atoms with van der Waals surface area (Å²) in [6.07, 6.45) is 3.28. The average Bonchev–Trinajstić information content (AvgIpc) is 3.15. The fourth-order valence-corrected chi connectivity index (χ4v) is 4.42. The molecule has 2 aliphatic rings. The van der Waals surface area contributed by atoms with Gasteiger partial charge in [-0.15, -0.1) is 6.58 Å². The van der Waals surface area contributed by atoms with E-state index in [1.807, 2.05) is 52.3 Å². The van der Waals surface area contributed by atoms with Crippen LogP contribution in [0.15, 0.2) is 67.3 Å². The van der Waals surface area contributed by atoms with Crippen molar-refractivity contribution >= 4 is 23.5 Å². The van der Waals surface area contributed by atoms with Crippen LogP contribution in [0.3, 0.4) is 0 Å². The van der Waals surface area contributed by atoms with Crippen LogP contribution < -0.4 is 10.6 Å². The maximum absolute atomic E-state index is 13.3. The van der Waals surface area contributed by atoms with Crippen LogP contribution in [-0.2, 0) is 0 Å². The highest BCUT2D eigenvalue weighted by Crippen LogP contribution is 2.30. The van der Waals surface area contributed by atoms with E-state index in [1.165, 1.54) is 0 Å². The molecule has 1 unspecified atom stereocenters. The third-order valence-electron chi connectivity index (χ3n) is 6.09. The normalized spacial score (nSPS) is 19.5. The zero-order valence-corrected chi connectivity index (χ0v) is 17.4. The fraction of sp³-hybridized carbons (Fsp3) is 0.292. The Morgan fingerprint density at radius 1 is 1.06 bits per heavy atom. The minimum atomic E-state index is -0.102. The SMILES string of the molecule is C=CC1CN(c2cccc(C(=N)N)c2)C(=O)N1C1CCN(C(=O)c2ccccc2)CC1. The van der Waals surface area contributed by atoms with Crippen molar-refractivity contribution in [3.8, 4) is 0 Å². The highest BCUT2D eigenvalue weighted by atomic mass is 16.2. The predicted molar refractivity (Wildman–Crippen MR) is 121 cm³/mol. The zero-order valence-electron chi connectivity index (χ0n) is 17.4. The van der Waals surface area contributed by atoms with E-state index in [1.54, 1.807) is 23.1 Å². The largest absolute Gasteiger partial charge is 0.384 e. The van der Waals surface area contributed by atoms with E-state index in [4.69, 9.17) is 11.1 Å². The van der Waals surface area contributed by atoms with Gasteiger partial charge in [0.05, 0.1) is 12.6 Å². The number of hydrogen-bond acceptors (Lipinski definition) is 3. The van der Waals surface area contributed by atoms with Gasteiger partial charge in [0.2, 0.25) is 0 Å². The second kappa shape index (κ2) is 8.63. The van der Waals surface area contributed by atoms with Crippen LogP contribution in [0.1, 0.15) is 28.8 Å². The molecular formula is C24H27N5O2. The lowest BCUT2D eigenvalue weighted by molar-refractivity contribution is 0.0654. The highest BCUT2D eigenvalue weighted by Gasteiger charge is 2.41. The maximum atomic E-state index is 13.3.